The molecule has 1 unspecified atom stereocenters. The highest BCUT2D eigenvalue weighted by Crippen LogP contribution is 2.22. The lowest BCUT2D eigenvalue weighted by molar-refractivity contribution is -0.147. The van der Waals surface area contributed by atoms with Gasteiger partial charge in [-0.2, -0.15) is 0 Å². The molecule has 1 aliphatic rings. The van der Waals surface area contributed by atoms with Crippen molar-refractivity contribution < 1.29 is 19.4 Å². The lowest BCUT2D eigenvalue weighted by atomic mass is 10.0. The van der Waals surface area contributed by atoms with Crippen LogP contribution in [0.15, 0.2) is 42.7 Å². The quantitative estimate of drug-likeness (QED) is 0.933. The molecule has 0 spiro atoms. The summed E-state index contributed by atoms with van der Waals surface area (Å²) >= 11 is 0. The number of carboxylic acids is 1. The number of carbonyl (C=O) groups excluding carboxylic acids is 1. The Hall–Kier alpha value is -2.73. The van der Waals surface area contributed by atoms with Crippen LogP contribution in [-0.4, -0.2) is 52.7 Å². The number of pyridine rings is 1. The van der Waals surface area contributed by atoms with Gasteiger partial charge in [-0.25, -0.2) is 4.79 Å². The minimum absolute atomic E-state index is 0.00602. The second kappa shape index (κ2) is 6.80. The van der Waals surface area contributed by atoms with E-state index in [2.05, 4.69) is 4.98 Å². The van der Waals surface area contributed by atoms with Crippen molar-refractivity contribution in [2.45, 2.75) is 13.0 Å². The fourth-order valence-electron chi connectivity index (χ4n) is 2.76. The third-order valence-corrected chi connectivity index (χ3v) is 4.01. The number of morpholine rings is 1. The highest BCUT2D eigenvalue weighted by molar-refractivity contribution is 5.97. The van der Waals surface area contributed by atoms with E-state index in [4.69, 9.17) is 4.74 Å². The second-order valence-corrected chi connectivity index (χ2v) is 5.76. The van der Waals surface area contributed by atoms with E-state index in [1.165, 1.54) is 11.1 Å². The van der Waals surface area contributed by atoms with Crippen molar-refractivity contribution in [3.05, 3.63) is 53.9 Å². The molecule has 1 aromatic heterocycles. The Morgan fingerprint density at radius 1 is 1.25 bits per heavy atom. The summed E-state index contributed by atoms with van der Waals surface area (Å²) in [6.07, 6.45) is 3.16. The van der Waals surface area contributed by atoms with Crippen molar-refractivity contribution in [1.82, 2.24) is 9.88 Å². The summed E-state index contributed by atoms with van der Waals surface area (Å²) in [6.45, 7) is 2.59. The summed E-state index contributed by atoms with van der Waals surface area (Å²) in [5.74, 6) is -1.40. The third-order valence-electron chi connectivity index (χ3n) is 4.01. The monoisotopic (exact) mass is 326 g/mol. The molecular weight excluding hydrogens is 308 g/mol. The third kappa shape index (κ3) is 3.28. The number of hydrogen-bond acceptors (Lipinski definition) is 4. The summed E-state index contributed by atoms with van der Waals surface area (Å²) in [6, 6.07) is 8.69. The minimum Gasteiger partial charge on any atom is -0.480 e. The fraction of sp³-hybridized carbons (Fsp3) is 0.278. The van der Waals surface area contributed by atoms with E-state index in [-0.39, 0.29) is 19.1 Å². The van der Waals surface area contributed by atoms with E-state index in [0.717, 1.165) is 16.7 Å². The summed E-state index contributed by atoms with van der Waals surface area (Å²) in [7, 11) is 0. The fourth-order valence-corrected chi connectivity index (χ4v) is 2.76. The smallest absolute Gasteiger partial charge is 0.328 e. The zero-order valence-electron chi connectivity index (χ0n) is 13.3. The normalized spacial score (nSPS) is 17.5. The minimum atomic E-state index is -1.06. The number of aromatic nitrogens is 1. The molecule has 2 heterocycles. The van der Waals surface area contributed by atoms with Crippen LogP contribution in [0, 0.1) is 6.92 Å². The average molecular weight is 326 g/mol. The van der Waals surface area contributed by atoms with Crippen molar-refractivity contribution in [1.29, 1.82) is 0 Å². The van der Waals surface area contributed by atoms with Gasteiger partial charge >= 0.3 is 5.97 Å². The molecule has 0 radical (unpaired) electrons. The first-order valence-corrected chi connectivity index (χ1v) is 7.70. The Bertz CT molecular complexity index is 775. The highest BCUT2D eigenvalue weighted by atomic mass is 16.5. The van der Waals surface area contributed by atoms with E-state index in [1.54, 1.807) is 12.3 Å². The van der Waals surface area contributed by atoms with E-state index in [0.29, 0.717) is 12.2 Å². The molecule has 1 amide bonds. The Labute approximate surface area is 139 Å². The zero-order chi connectivity index (χ0) is 17.1. The number of carbonyl (C=O) groups is 2. The molecule has 1 aromatic carbocycles. The molecule has 1 fully saturated rings. The molecule has 0 saturated carbocycles. The lowest BCUT2D eigenvalue weighted by Crippen LogP contribution is -2.52. The number of aryl methyl sites for hydroxylation is 1. The number of ether oxygens (including phenoxy) is 1. The van der Waals surface area contributed by atoms with Crippen molar-refractivity contribution in [2.24, 2.45) is 0 Å². The molecule has 2 aromatic rings. The number of carboxylic acid groups (broad SMARTS) is 1. The van der Waals surface area contributed by atoms with Crippen LogP contribution in [0.25, 0.3) is 11.1 Å². The largest absolute Gasteiger partial charge is 0.480 e. The topological polar surface area (TPSA) is 79.7 Å². The lowest BCUT2D eigenvalue weighted by Gasteiger charge is -2.32. The van der Waals surface area contributed by atoms with E-state index >= 15 is 0 Å². The van der Waals surface area contributed by atoms with Crippen LogP contribution >= 0.6 is 0 Å². The first kappa shape index (κ1) is 16.1. The molecular formula is C18H18N2O4. The van der Waals surface area contributed by atoms with Gasteiger partial charge in [0, 0.05) is 24.5 Å². The molecule has 0 aliphatic carbocycles. The molecule has 124 valence electrons. The van der Waals surface area contributed by atoms with Crippen LogP contribution in [0.2, 0.25) is 0 Å². The van der Waals surface area contributed by atoms with Gasteiger partial charge in [-0.1, -0.05) is 29.8 Å². The van der Waals surface area contributed by atoms with Crippen molar-refractivity contribution in [3.63, 3.8) is 0 Å². The molecule has 1 saturated heterocycles. The second-order valence-electron chi connectivity index (χ2n) is 5.76. The van der Waals surface area contributed by atoms with Crippen LogP contribution < -0.4 is 0 Å². The zero-order valence-corrected chi connectivity index (χ0v) is 13.3. The van der Waals surface area contributed by atoms with Crippen LogP contribution in [-0.2, 0) is 9.53 Å². The molecule has 6 heteroatoms. The van der Waals surface area contributed by atoms with Gasteiger partial charge in [0.15, 0.2) is 6.04 Å². The molecule has 0 bridgehead atoms. The maximum atomic E-state index is 12.7. The van der Waals surface area contributed by atoms with Gasteiger partial charge in [-0.05, 0) is 18.6 Å². The molecule has 1 aliphatic heterocycles. The van der Waals surface area contributed by atoms with Crippen LogP contribution in [0.4, 0.5) is 0 Å². The Morgan fingerprint density at radius 3 is 2.83 bits per heavy atom. The molecule has 1 atom stereocenters. The standard InChI is InChI=1S/C18H18N2O4/c1-12-3-2-4-13(7-12)14-8-15(10-19-9-14)17(21)20-5-6-24-11-16(20)18(22)23/h2-4,7-10,16H,5-6,11H2,1H3,(H,22,23). The summed E-state index contributed by atoms with van der Waals surface area (Å²) < 4.78 is 5.18. The summed E-state index contributed by atoms with van der Waals surface area (Å²) in [5, 5.41) is 9.28. The predicted molar refractivity (Wildman–Crippen MR) is 87.7 cm³/mol. The first-order valence-electron chi connectivity index (χ1n) is 7.70. The van der Waals surface area contributed by atoms with E-state index < -0.39 is 12.0 Å². The number of hydrogen-bond donors (Lipinski definition) is 1. The first-order chi connectivity index (χ1) is 11.6. The average Bonchev–Trinajstić information content (AvgIpc) is 2.61. The van der Waals surface area contributed by atoms with Gasteiger partial charge in [-0.3, -0.25) is 9.78 Å². The molecule has 24 heavy (non-hydrogen) atoms. The Morgan fingerprint density at radius 2 is 2.08 bits per heavy atom. The maximum Gasteiger partial charge on any atom is 0.328 e. The van der Waals surface area contributed by atoms with Gasteiger partial charge in [0.05, 0.1) is 18.8 Å². The van der Waals surface area contributed by atoms with Crippen molar-refractivity contribution >= 4 is 11.9 Å². The number of nitrogens with zero attached hydrogens (tertiary/aromatic N) is 2. The van der Waals surface area contributed by atoms with Gasteiger partial charge < -0.3 is 14.7 Å². The van der Waals surface area contributed by atoms with Crippen LogP contribution in [0.1, 0.15) is 15.9 Å². The molecule has 6 nitrogen and oxygen atoms in total. The molecule has 1 N–H and O–H groups in total. The highest BCUT2D eigenvalue weighted by Gasteiger charge is 2.33. The number of rotatable bonds is 3. The van der Waals surface area contributed by atoms with Crippen LogP contribution in [0.5, 0.6) is 0 Å². The number of benzene rings is 1. The van der Waals surface area contributed by atoms with Gasteiger partial charge in [0.1, 0.15) is 0 Å². The van der Waals surface area contributed by atoms with Gasteiger partial charge in [-0.15, -0.1) is 0 Å². The van der Waals surface area contributed by atoms with E-state index in [1.807, 2.05) is 31.2 Å². The summed E-state index contributed by atoms with van der Waals surface area (Å²) in [4.78, 5) is 29.6. The number of aliphatic carboxylic acids is 1. The number of amides is 1. The Balaban J connectivity index is 1.90. The van der Waals surface area contributed by atoms with Crippen LogP contribution in [0.3, 0.4) is 0 Å². The van der Waals surface area contributed by atoms with Crippen molar-refractivity contribution in [2.75, 3.05) is 19.8 Å². The van der Waals surface area contributed by atoms with Gasteiger partial charge in [0.2, 0.25) is 0 Å². The predicted octanol–water partition coefficient (Wildman–Crippen LogP) is 1.98. The van der Waals surface area contributed by atoms with Gasteiger partial charge in [0.25, 0.3) is 5.91 Å². The summed E-state index contributed by atoms with van der Waals surface area (Å²) in [5.41, 5.74) is 3.28. The maximum absolute atomic E-state index is 12.7. The Kier molecular flexibility index (Phi) is 4.57. The van der Waals surface area contributed by atoms with E-state index in [9.17, 15) is 14.7 Å². The SMILES string of the molecule is Cc1cccc(-c2cncc(C(=O)N3CCOCC3C(=O)O)c2)c1. The molecule has 3 rings (SSSR count). The van der Waals surface area contributed by atoms with Crippen molar-refractivity contribution in [3.8, 4) is 11.1 Å².